The molecule has 4 heteroatoms. The van der Waals surface area contributed by atoms with Crippen LogP contribution in [0.1, 0.15) is 30.4 Å². The van der Waals surface area contributed by atoms with Crippen LogP contribution in [-0.2, 0) is 21.4 Å². The van der Waals surface area contributed by atoms with E-state index in [1.807, 2.05) is 30.3 Å². The normalized spacial score (nSPS) is 16.3. The second-order valence-corrected chi connectivity index (χ2v) is 6.73. The van der Waals surface area contributed by atoms with E-state index < -0.39 is 0 Å². The number of anilines is 1. The maximum absolute atomic E-state index is 12.4. The fourth-order valence-corrected chi connectivity index (χ4v) is 3.49. The van der Waals surface area contributed by atoms with Gasteiger partial charge >= 0.3 is 0 Å². The Kier molecular flexibility index (Phi) is 5.71. The molecule has 0 unspecified atom stereocenters. The first kappa shape index (κ1) is 17.5. The van der Waals surface area contributed by atoms with Crippen molar-refractivity contribution in [3.63, 3.8) is 0 Å². The molecule has 1 saturated heterocycles. The van der Waals surface area contributed by atoms with Crippen LogP contribution in [0, 0.1) is 0 Å². The summed E-state index contributed by atoms with van der Waals surface area (Å²) >= 11 is 0. The van der Waals surface area contributed by atoms with Crippen molar-refractivity contribution in [2.24, 2.45) is 0 Å². The Morgan fingerprint density at radius 1 is 1.04 bits per heavy atom. The number of hydrogen-bond donors (Lipinski definition) is 2. The summed E-state index contributed by atoms with van der Waals surface area (Å²) in [7, 11) is 0. The summed E-state index contributed by atoms with van der Waals surface area (Å²) < 4.78 is 5.54. The number of aryl methyl sites for hydroxylation is 1. The predicted octanol–water partition coefficient (Wildman–Crippen LogP) is 3.07. The molecule has 1 aliphatic rings. The number of para-hydroxylation sites is 1. The number of hydrogen-bond acceptors (Lipinski definition) is 3. The zero-order valence-corrected chi connectivity index (χ0v) is 14.5. The maximum atomic E-state index is 12.4. The van der Waals surface area contributed by atoms with Crippen molar-refractivity contribution >= 4 is 11.6 Å². The number of ether oxygens (including phenoxy) is 1. The van der Waals surface area contributed by atoms with Gasteiger partial charge in [0.25, 0.3) is 0 Å². The molecule has 4 nitrogen and oxygen atoms in total. The predicted molar refractivity (Wildman–Crippen MR) is 100 cm³/mol. The largest absolute Gasteiger partial charge is 0.399 e. The molecule has 0 bridgehead atoms. The third-order valence-electron chi connectivity index (χ3n) is 5.14. The van der Waals surface area contributed by atoms with E-state index in [2.05, 4.69) is 29.6 Å². The Morgan fingerprint density at radius 3 is 2.44 bits per heavy atom. The Hall–Kier alpha value is -2.33. The fraction of sp³-hybridized carbons (Fsp3) is 0.381. The summed E-state index contributed by atoms with van der Waals surface area (Å²) in [6.07, 6.45) is 2.99. The van der Waals surface area contributed by atoms with Gasteiger partial charge in [-0.25, -0.2) is 0 Å². The molecule has 25 heavy (non-hydrogen) atoms. The SMILES string of the molecule is Nc1ccccc1CCC(=O)NCC1(c2ccccc2)CCOCC1. The number of amides is 1. The van der Waals surface area contributed by atoms with Gasteiger partial charge in [-0.05, 0) is 36.5 Å². The summed E-state index contributed by atoms with van der Waals surface area (Å²) in [5.41, 5.74) is 8.99. The number of benzene rings is 2. The molecule has 1 heterocycles. The Morgan fingerprint density at radius 2 is 1.72 bits per heavy atom. The Balaban J connectivity index is 1.59. The van der Waals surface area contributed by atoms with Gasteiger partial charge in [0.2, 0.25) is 5.91 Å². The van der Waals surface area contributed by atoms with E-state index in [-0.39, 0.29) is 11.3 Å². The van der Waals surface area contributed by atoms with Gasteiger partial charge < -0.3 is 15.8 Å². The van der Waals surface area contributed by atoms with Crippen molar-refractivity contribution in [1.29, 1.82) is 0 Å². The molecule has 2 aromatic carbocycles. The van der Waals surface area contributed by atoms with Crippen molar-refractivity contribution in [2.45, 2.75) is 31.1 Å². The van der Waals surface area contributed by atoms with E-state index in [9.17, 15) is 4.79 Å². The number of carbonyl (C=O) groups excluding carboxylic acids is 1. The molecule has 3 rings (SSSR count). The van der Waals surface area contributed by atoms with Crippen molar-refractivity contribution in [2.75, 3.05) is 25.5 Å². The third kappa shape index (κ3) is 4.40. The van der Waals surface area contributed by atoms with Gasteiger partial charge in [0.15, 0.2) is 0 Å². The van der Waals surface area contributed by atoms with E-state index in [1.165, 1.54) is 5.56 Å². The first-order valence-corrected chi connectivity index (χ1v) is 8.93. The molecule has 0 aromatic heterocycles. The molecule has 0 saturated carbocycles. The lowest BCUT2D eigenvalue weighted by atomic mass is 9.74. The van der Waals surface area contributed by atoms with Crippen LogP contribution in [0.4, 0.5) is 5.69 Å². The molecule has 1 aliphatic heterocycles. The lowest BCUT2D eigenvalue weighted by Crippen LogP contribution is -2.44. The van der Waals surface area contributed by atoms with Gasteiger partial charge in [-0.2, -0.15) is 0 Å². The van der Waals surface area contributed by atoms with Crippen LogP contribution < -0.4 is 11.1 Å². The molecule has 1 amide bonds. The number of carbonyl (C=O) groups is 1. The second-order valence-electron chi connectivity index (χ2n) is 6.73. The fourth-order valence-electron chi connectivity index (χ4n) is 3.49. The molecule has 0 radical (unpaired) electrons. The van der Waals surface area contributed by atoms with Gasteiger partial charge in [-0.1, -0.05) is 48.5 Å². The number of nitrogens with one attached hydrogen (secondary N) is 1. The van der Waals surface area contributed by atoms with E-state index >= 15 is 0 Å². The average Bonchev–Trinajstić information content (AvgIpc) is 2.67. The highest BCUT2D eigenvalue weighted by Gasteiger charge is 2.34. The zero-order valence-electron chi connectivity index (χ0n) is 14.5. The monoisotopic (exact) mass is 338 g/mol. The average molecular weight is 338 g/mol. The molecular formula is C21H26N2O2. The summed E-state index contributed by atoms with van der Waals surface area (Å²) in [4.78, 5) is 12.4. The molecule has 132 valence electrons. The first-order valence-electron chi connectivity index (χ1n) is 8.93. The summed E-state index contributed by atoms with van der Waals surface area (Å²) in [6, 6.07) is 18.2. The van der Waals surface area contributed by atoms with Crippen molar-refractivity contribution in [3.05, 3.63) is 65.7 Å². The third-order valence-corrected chi connectivity index (χ3v) is 5.14. The first-order chi connectivity index (χ1) is 12.2. The van der Waals surface area contributed by atoms with Gasteiger partial charge in [-0.15, -0.1) is 0 Å². The van der Waals surface area contributed by atoms with Crippen LogP contribution in [0.15, 0.2) is 54.6 Å². The molecule has 0 spiro atoms. The topological polar surface area (TPSA) is 64.4 Å². The maximum Gasteiger partial charge on any atom is 0.220 e. The highest BCUT2D eigenvalue weighted by atomic mass is 16.5. The molecule has 3 N–H and O–H groups in total. The Labute approximate surface area is 149 Å². The zero-order chi connectivity index (χ0) is 17.5. The van der Waals surface area contributed by atoms with E-state index in [0.717, 1.165) is 37.3 Å². The second kappa shape index (κ2) is 8.17. The van der Waals surface area contributed by atoms with E-state index in [0.29, 0.717) is 19.4 Å². The van der Waals surface area contributed by atoms with Crippen LogP contribution in [0.5, 0.6) is 0 Å². The number of nitrogen functional groups attached to an aromatic ring is 1. The summed E-state index contributed by atoms with van der Waals surface area (Å²) in [6.45, 7) is 2.14. The molecular weight excluding hydrogens is 312 g/mol. The smallest absolute Gasteiger partial charge is 0.220 e. The van der Waals surface area contributed by atoms with Crippen LogP contribution >= 0.6 is 0 Å². The standard InChI is InChI=1S/C21H26N2O2/c22-19-9-5-4-6-17(19)10-11-20(24)23-16-21(12-14-25-15-13-21)18-7-2-1-3-8-18/h1-9H,10-16,22H2,(H,23,24). The highest BCUT2D eigenvalue weighted by Crippen LogP contribution is 2.34. The van der Waals surface area contributed by atoms with Crippen molar-refractivity contribution < 1.29 is 9.53 Å². The van der Waals surface area contributed by atoms with Crippen molar-refractivity contribution in [1.82, 2.24) is 5.32 Å². The van der Waals surface area contributed by atoms with Gasteiger partial charge in [-0.3, -0.25) is 4.79 Å². The minimum atomic E-state index is -0.0268. The molecule has 0 aliphatic carbocycles. The van der Waals surface area contributed by atoms with Gasteiger partial charge in [0.05, 0.1) is 0 Å². The van der Waals surface area contributed by atoms with Crippen molar-refractivity contribution in [3.8, 4) is 0 Å². The summed E-state index contributed by atoms with van der Waals surface area (Å²) in [5.74, 6) is 0.0741. The van der Waals surface area contributed by atoms with E-state index in [4.69, 9.17) is 10.5 Å². The molecule has 0 atom stereocenters. The Bertz CT molecular complexity index is 694. The van der Waals surface area contributed by atoms with Crippen LogP contribution in [-0.4, -0.2) is 25.7 Å². The van der Waals surface area contributed by atoms with Gasteiger partial charge in [0.1, 0.15) is 0 Å². The molecule has 2 aromatic rings. The summed E-state index contributed by atoms with van der Waals surface area (Å²) in [5, 5.41) is 3.15. The molecule has 1 fully saturated rings. The minimum absolute atomic E-state index is 0.0268. The number of nitrogens with two attached hydrogens (primary N) is 1. The lowest BCUT2D eigenvalue weighted by Gasteiger charge is -2.38. The minimum Gasteiger partial charge on any atom is -0.399 e. The number of rotatable bonds is 6. The van der Waals surface area contributed by atoms with Gasteiger partial charge in [0, 0.05) is 37.3 Å². The van der Waals surface area contributed by atoms with E-state index in [1.54, 1.807) is 0 Å². The lowest BCUT2D eigenvalue weighted by molar-refractivity contribution is -0.121. The quantitative estimate of drug-likeness (QED) is 0.796. The highest BCUT2D eigenvalue weighted by molar-refractivity contribution is 5.76. The van der Waals surface area contributed by atoms with Crippen LogP contribution in [0.25, 0.3) is 0 Å². The van der Waals surface area contributed by atoms with Crippen LogP contribution in [0.3, 0.4) is 0 Å². The van der Waals surface area contributed by atoms with Crippen LogP contribution in [0.2, 0.25) is 0 Å².